The predicted octanol–water partition coefficient (Wildman–Crippen LogP) is 4.86. The van der Waals surface area contributed by atoms with Crippen LogP contribution in [0.1, 0.15) is 15.9 Å². The number of carbonyl (C=O) groups excluding carboxylic acids is 2. The molecule has 0 aliphatic heterocycles. The molecule has 0 aromatic heterocycles. The lowest BCUT2D eigenvalue weighted by Crippen LogP contribution is -2.21. The molecule has 0 radical (unpaired) electrons. The van der Waals surface area contributed by atoms with Crippen LogP contribution in [0.15, 0.2) is 66.7 Å². The van der Waals surface area contributed by atoms with Crippen molar-refractivity contribution in [1.29, 1.82) is 0 Å². The predicted molar refractivity (Wildman–Crippen MR) is 103 cm³/mol. The lowest BCUT2D eigenvalue weighted by molar-refractivity contribution is -0.119. The summed E-state index contributed by atoms with van der Waals surface area (Å²) in [5.41, 5.74) is 1.28. The summed E-state index contributed by atoms with van der Waals surface area (Å²) in [5.74, 6) is -2.79. The molecular formula is C22H17F2NO4. The first-order chi connectivity index (χ1) is 13.9. The van der Waals surface area contributed by atoms with E-state index in [4.69, 9.17) is 9.47 Å². The number of aryl methyl sites for hydroxylation is 1. The quantitative estimate of drug-likeness (QED) is 0.604. The molecule has 0 spiro atoms. The molecule has 0 saturated heterocycles. The van der Waals surface area contributed by atoms with Crippen molar-refractivity contribution < 1.29 is 27.8 Å². The summed E-state index contributed by atoms with van der Waals surface area (Å²) in [6, 6.07) is 16.8. The van der Waals surface area contributed by atoms with E-state index in [1.165, 1.54) is 0 Å². The van der Waals surface area contributed by atoms with E-state index in [-0.39, 0.29) is 5.56 Å². The van der Waals surface area contributed by atoms with Crippen LogP contribution in [0, 0.1) is 18.6 Å². The average molecular weight is 397 g/mol. The summed E-state index contributed by atoms with van der Waals surface area (Å²) < 4.78 is 36.8. The minimum atomic E-state index is -1.17. The fourth-order valence-corrected chi connectivity index (χ4v) is 2.42. The van der Waals surface area contributed by atoms with Gasteiger partial charge in [0.05, 0.1) is 11.3 Å². The van der Waals surface area contributed by atoms with Crippen molar-refractivity contribution in [3.05, 3.63) is 89.5 Å². The largest absolute Gasteiger partial charge is 0.455 e. The van der Waals surface area contributed by atoms with Crippen molar-refractivity contribution >= 4 is 17.6 Å². The molecule has 0 aliphatic carbocycles. The zero-order valence-electron chi connectivity index (χ0n) is 15.4. The Hall–Kier alpha value is -3.74. The Balaban J connectivity index is 1.61. The number of ether oxygens (including phenoxy) is 2. The highest BCUT2D eigenvalue weighted by Crippen LogP contribution is 2.29. The Kier molecular flexibility index (Phi) is 6.19. The monoisotopic (exact) mass is 397 g/mol. The molecule has 0 atom stereocenters. The number of rotatable bonds is 6. The maximum Gasteiger partial charge on any atom is 0.338 e. The number of nitrogens with one attached hydrogen (secondary N) is 1. The molecule has 0 heterocycles. The van der Waals surface area contributed by atoms with Gasteiger partial charge in [0.25, 0.3) is 5.91 Å². The van der Waals surface area contributed by atoms with Crippen LogP contribution in [0.25, 0.3) is 0 Å². The van der Waals surface area contributed by atoms with Gasteiger partial charge in [0.1, 0.15) is 5.75 Å². The maximum absolute atomic E-state index is 13.2. The smallest absolute Gasteiger partial charge is 0.338 e. The number of halogens is 2. The molecule has 0 fully saturated rings. The molecule has 0 unspecified atom stereocenters. The van der Waals surface area contributed by atoms with Gasteiger partial charge in [-0.15, -0.1) is 0 Å². The summed E-state index contributed by atoms with van der Waals surface area (Å²) in [4.78, 5) is 24.0. The van der Waals surface area contributed by atoms with Crippen molar-refractivity contribution in [2.45, 2.75) is 6.92 Å². The SMILES string of the molecule is Cc1ccc(Oc2ccccc2NC(=O)COC(=O)c2ccc(F)c(F)c2)cc1. The number of benzene rings is 3. The molecule has 29 heavy (non-hydrogen) atoms. The number of anilines is 1. The minimum absolute atomic E-state index is 0.195. The first-order valence-corrected chi connectivity index (χ1v) is 8.68. The lowest BCUT2D eigenvalue weighted by atomic mass is 10.2. The molecule has 7 heteroatoms. The first-order valence-electron chi connectivity index (χ1n) is 8.68. The van der Waals surface area contributed by atoms with Crippen LogP contribution in [0.3, 0.4) is 0 Å². The third-order valence-corrected chi connectivity index (χ3v) is 3.90. The van der Waals surface area contributed by atoms with Crippen LogP contribution in [0.4, 0.5) is 14.5 Å². The minimum Gasteiger partial charge on any atom is -0.455 e. The lowest BCUT2D eigenvalue weighted by Gasteiger charge is -2.12. The summed E-state index contributed by atoms with van der Waals surface area (Å²) in [7, 11) is 0. The fraction of sp³-hybridized carbons (Fsp3) is 0.0909. The van der Waals surface area contributed by atoms with Crippen molar-refractivity contribution in [2.24, 2.45) is 0 Å². The number of esters is 1. The zero-order chi connectivity index (χ0) is 20.8. The molecule has 5 nitrogen and oxygen atoms in total. The van der Waals surface area contributed by atoms with Gasteiger partial charge in [-0.05, 0) is 49.4 Å². The van der Waals surface area contributed by atoms with E-state index in [2.05, 4.69) is 5.32 Å². The van der Waals surface area contributed by atoms with Crippen LogP contribution in [0.2, 0.25) is 0 Å². The molecule has 0 aliphatic rings. The maximum atomic E-state index is 13.2. The van der Waals surface area contributed by atoms with Gasteiger partial charge in [-0.1, -0.05) is 29.8 Å². The number of para-hydroxylation sites is 2. The van der Waals surface area contributed by atoms with Gasteiger partial charge in [-0.25, -0.2) is 13.6 Å². The highest BCUT2D eigenvalue weighted by molar-refractivity contribution is 5.96. The highest BCUT2D eigenvalue weighted by atomic mass is 19.2. The van der Waals surface area contributed by atoms with Crippen molar-refractivity contribution in [2.75, 3.05) is 11.9 Å². The molecule has 3 aromatic rings. The Morgan fingerprint density at radius 2 is 1.66 bits per heavy atom. The summed E-state index contributed by atoms with van der Waals surface area (Å²) in [5, 5.41) is 2.59. The van der Waals surface area contributed by atoms with Gasteiger partial charge in [0.15, 0.2) is 24.0 Å². The second kappa shape index (κ2) is 8.97. The average Bonchev–Trinajstić information content (AvgIpc) is 2.71. The van der Waals surface area contributed by atoms with Gasteiger partial charge in [0, 0.05) is 0 Å². The highest BCUT2D eigenvalue weighted by Gasteiger charge is 2.14. The van der Waals surface area contributed by atoms with Gasteiger partial charge in [0.2, 0.25) is 0 Å². The topological polar surface area (TPSA) is 64.6 Å². The summed E-state index contributed by atoms with van der Waals surface area (Å²) in [6.45, 7) is 1.36. The standard InChI is InChI=1S/C22H17F2NO4/c1-14-6-9-16(10-7-14)29-20-5-3-2-4-19(20)25-21(26)13-28-22(27)15-8-11-17(23)18(24)12-15/h2-12H,13H2,1H3,(H,25,26). The molecule has 148 valence electrons. The number of hydrogen-bond acceptors (Lipinski definition) is 4. The number of amides is 1. The van der Waals surface area contributed by atoms with Crippen molar-refractivity contribution in [3.8, 4) is 11.5 Å². The zero-order valence-corrected chi connectivity index (χ0v) is 15.4. The molecule has 1 amide bonds. The van der Waals surface area contributed by atoms with E-state index in [1.54, 1.807) is 36.4 Å². The second-order valence-electron chi connectivity index (χ2n) is 6.16. The number of carbonyl (C=O) groups is 2. The molecule has 0 saturated carbocycles. The molecular weight excluding hydrogens is 380 g/mol. The summed E-state index contributed by atoms with van der Waals surface area (Å²) in [6.07, 6.45) is 0. The third-order valence-electron chi connectivity index (χ3n) is 3.90. The Morgan fingerprint density at radius 1 is 0.931 bits per heavy atom. The van der Waals surface area contributed by atoms with Gasteiger partial charge >= 0.3 is 5.97 Å². The van der Waals surface area contributed by atoms with Crippen molar-refractivity contribution in [1.82, 2.24) is 0 Å². The second-order valence-corrected chi connectivity index (χ2v) is 6.16. The Bertz CT molecular complexity index is 1040. The van der Waals surface area contributed by atoms with Crippen LogP contribution in [-0.2, 0) is 9.53 Å². The van der Waals surface area contributed by atoms with Crippen LogP contribution in [0.5, 0.6) is 11.5 Å². The van der Waals surface area contributed by atoms with Crippen LogP contribution < -0.4 is 10.1 Å². The fourth-order valence-electron chi connectivity index (χ4n) is 2.42. The number of hydrogen-bond donors (Lipinski definition) is 1. The molecule has 3 aromatic carbocycles. The van der Waals surface area contributed by atoms with Crippen LogP contribution >= 0.6 is 0 Å². The van der Waals surface area contributed by atoms with E-state index in [0.717, 1.165) is 17.7 Å². The normalized spacial score (nSPS) is 10.3. The van der Waals surface area contributed by atoms with E-state index < -0.39 is 30.1 Å². The Labute approximate surface area is 165 Å². The van der Waals surface area contributed by atoms with E-state index >= 15 is 0 Å². The van der Waals surface area contributed by atoms with Gasteiger partial charge < -0.3 is 14.8 Å². The first kappa shape index (κ1) is 20.0. The molecule has 1 N–H and O–H groups in total. The van der Waals surface area contributed by atoms with Crippen molar-refractivity contribution in [3.63, 3.8) is 0 Å². The van der Waals surface area contributed by atoms with Gasteiger partial charge in [-0.2, -0.15) is 0 Å². The van der Waals surface area contributed by atoms with E-state index in [9.17, 15) is 18.4 Å². The Morgan fingerprint density at radius 3 is 2.38 bits per heavy atom. The van der Waals surface area contributed by atoms with Crippen LogP contribution in [-0.4, -0.2) is 18.5 Å². The van der Waals surface area contributed by atoms with E-state index in [0.29, 0.717) is 23.3 Å². The molecule has 3 rings (SSSR count). The van der Waals surface area contributed by atoms with E-state index in [1.807, 2.05) is 19.1 Å². The van der Waals surface area contributed by atoms with Gasteiger partial charge in [-0.3, -0.25) is 4.79 Å². The molecule has 0 bridgehead atoms. The summed E-state index contributed by atoms with van der Waals surface area (Å²) >= 11 is 0. The third kappa shape index (κ3) is 5.38.